The van der Waals surface area contributed by atoms with Crippen LogP contribution in [-0.4, -0.2) is 36.4 Å². The minimum Gasteiger partial charge on any atom is -0.384 e. The fourth-order valence-corrected chi connectivity index (χ4v) is 5.18. The Hall–Kier alpha value is -3.97. The van der Waals surface area contributed by atoms with E-state index in [-0.39, 0.29) is 21.9 Å². The van der Waals surface area contributed by atoms with Gasteiger partial charge in [0, 0.05) is 29.4 Å². The van der Waals surface area contributed by atoms with Crippen LogP contribution in [0.4, 0.5) is 11.6 Å². The third-order valence-corrected chi connectivity index (χ3v) is 7.89. The number of nitrogens with zero attached hydrogens (tertiary/aromatic N) is 4. The van der Waals surface area contributed by atoms with Gasteiger partial charge in [-0.2, -0.15) is 13.7 Å². The van der Waals surface area contributed by atoms with Gasteiger partial charge >= 0.3 is 0 Å². The number of carbonyl (C=O) groups is 1. The molecule has 35 heavy (non-hydrogen) atoms. The molecule has 1 atom stereocenters. The number of sulfonamides is 1. The lowest BCUT2D eigenvalue weighted by Crippen LogP contribution is -2.43. The average molecular weight is 491 g/mol. The van der Waals surface area contributed by atoms with E-state index in [1.54, 1.807) is 36.5 Å². The maximum atomic E-state index is 13.4. The molecule has 1 aliphatic heterocycles. The Bertz CT molecular complexity index is 1450. The molecule has 0 bridgehead atoms. The fourth-order valence-electron chi connectivity index (χ4n) is 4.24. The molecule has 4 rings (SSSR count). The summed E-state index contributed by atoms with van der Waals surface area (Å²) in [4.78, 5) is 23.9. The van der Waals surface area contributed by atoms with Crippen molar-refractivity contribution in [3.8, 4) is 17.2 Å². The van der Waals surface area contributed by atoms with Crippen molar-refractivity contribution in [2.75, 3.05) is 17.2 Å². The number of nitriles is 1. The number of anilines is 2. The lowest BCUT2D eigenvalue weighted by molar-refractivity contribution is 0.0981. The van der Waals surface area contributed by atoms with E-state index in [1.165, 1.54) is 18.2 Å². The summed E-state index contributed by atoms with van der Waals surface area (Å²) in [5.74, 6) is -0.112. The molecule has 1 amide bonds. The van der Waals surface area contributed by atoms with Crippen LogP contribution in [0.3, 0.4) is 0 Å². The first-order chi connectivity index (χ1) is 16.5. The summed E-state index contributed by atoms with van der Waals surface area (Å²) in [6.07, 6.45) is 2.51. The van der Waals surface area contributed by atoms with Gasteiger partial charge in [-0.1, -0.05) is 31.2 Å². The Labute approximate surface area is 204 Å². The molecule has 0 spiro atoms. The first-order valence-corrected chi connectivity index (χ1v) is 12.6. The van der Waals surface area contributed by atoms with E-state index in [4.69, 9.17) is 5.73 Å². The monoisotopic (exact) mass is 490 g/mol. The molecule has 0 saturated carbocycles. The van der Waals surface area contributed by atoms with Crippen LogP contribution in [-0.2, 0) is 10.0 Å². The minimum absolute atomic E-state index is 0.0191. The van der Waals surface area contributed by atoms with Crippen LogP contribution in [0.5, 0.6) is 0 Å². The highest BCUT2D eigenvalue weighted by molar-refractivity contribution is 7.90. The van der Waals surface area contributed by atoms with Crippen molar-refractivity contribution in [2.45, 2.75) is 37.8 Å². The molecule has 0 aliphatic carbocycles. The molecule has 1 unspecified atom stereocenters. The number of aromatic nitrogens is 2. The van der Waals surface area contributed by atoms with Gasteiger partial charge in [0.2, 0.25) is 0 Å². The summed E-state index contributed by atoms with van der Waals surface area (Å²) in [6, 6.07) is 14.8. The van der Waals surface area contributed by atoms with Gasteiger partial charge in [-0.25, -0.2) is 14.7 Å². The Morgan fingerprint density at radius 3 is 2.63 bits per heavy atom. The predicted octanol–water partition coefficient (Wildman–Crippen LogP) is 3.34. The van der Waals surface area contributed by atoms with E-state index < -0.39 is 15.9 Å². The van der Waals surface area contributed by atoms with Crippen molar-refractivity contribution < 1.29 is 13.2 Å². The van der Waals surface area contributed by atoms with Crippen LogP contribution in [0.2, 0.25) is 0 Å². The molecule has 3 N–H and O–H groups in total. The average Bonchev–Trinajstić information content (AvgIpc) is 3.10. The van der Waals surface area contributed by atoms with E-state index in [0.29, 0.717) is 35.0 Å². The highest BCUT2D eigenvalue weighted by atomic mass is 32.2. The largest absolute Gasteiger partial charge is 0.384 e. The number of nitrogens with two attached hydrogens (primary N) is 1. The second kappa shape index (κ2) is 9.00. The number of benzene rings is 1. The minimum atomic E-state index is -4.29. The van der Waals surface area contributed by atoms with Gasteiger partial charge < -0.3 is 10.6 Å². The summed E-state index contributed by atoms with van der Waals surface area (Å²) >= 11 is 0. The normalized spacial score (nSPS) is 17.1. The number of rotatable bonds is 5. The predicted molar refractivity (Wildman–Crippen MR) is 133 cm³/mol. The van der Waals surface area contributed by atoms with Crippen molar-refractivity contribution in [2.24, 2.45) is 5.92 Å². The molecule has 10 heteroatoms. The Kier molecular flexibility index (Phi) is 6.21. The maximum absolute atomic E-state index is 13.4. The number of nitrogen functional groups attached to an aromatic ring is 1. The van der Waals surface area contributed by atoms with Crippen LogP contribution in [0.15, 0.2) is 59.8 Å². The van der Waals surface area contributed by atoms with Crippen LogP contribution in [0, 0.1) is 17.2 Å². The van der Waals surface area contributed by atoms with Crippen LogP contribution in [0.25, 0.3) is 11.1 Å². The second-order valence-corrected chi connectivity index (χ2v) is 10.7. The van der Waals surface area contributed by atoms with Gasteiger partial charge in [0.05, 0.1) is 17.2 Å². The summed E-state index contributed by atoms with van der Waals surface area (Å²) in [7, 11) is -4.29. The van der Waals surface area contributed by atoms with Gasteiger partial charge in [-0.15, -0.1) is 0 Å². The van der Waals surface area contributed by atoms with E-state index in [0.717, 1.165) is 6.42 Å². The number of amides is 1. The quantitative estimate of drug-likeness (QED) is 0.554. The number of carbonyl (C=O) groups excluding carboxylic acids is 1. The summed E-state index contributed by atoms with van der Waals surface area (Å²) in [5.41, 5.74) is 6.95. The Balaban J connectivity index is 1.82. The third-order valence-electron chi connectivity index (χ3n) is 6.66. The lowest BCUT2D eigenvalue weighted by atomic mass is 9.90. The SMILES string of the molecule is CC1CCN(c2ncc(-c3ccccc3C#N)cc2C(=O)NS(=O)(=O)c2cccc(N)n2)C1(C)C. The lowest BCUT2D eigenvalue weighted by Gasteiger charge is -2.36. The van der Waals surface area contributed by atoms with Crippen LogP contribution < -0.4 is 15.4 Å². The molecule has 9 nitrogen and oxygen atoms in total. The van der Waals surface area contributed by atoms with E-state index >= 15 is 0 Å². The zero-order valence-electron chi connectivity index (χ0n) is 19.7. The van der Waals surface area contributed by atoms with E-state index in [1.807, 2.05) is 4.90 Å². The third kappa shape index (κ3) is 4.55. The maximum Gasteiger partial charge on any atom is 0.281 e. The smallest absolute Gasteiger partial charge is 0.281 e. The topological polar surface area (TPSA) is 142 Å². The first-order valence-electron chi connectivity index (χ1n) is 11.1. The van der Waals surface area contributed by atoms with Crippen LogP contribution >= 0.6 is 0 Å². The fraction of sp³-hybridized carbons (Fsp3) is 0.280. The van der Waals surface area contributed by atoms with E-state index in [2.05, 4.69) is 41.5 Å². The molecular weight excluding hydrogens is 464 g/mol. The summed E-state index contributed by atoms with van der Waals surface area (Å²) in [5, 5.41) is 9.17. The van der Waals surface area contributed by atoms with Gasteiger partial charge in [-0.3, -0.25) is 4.79 Å². The van der Waals surface area contributed by atoms with Crippen LogP contribution in [0.1, 0.15) is 43.1 Å². The number of hydrogen-bond acceptors (Lipinski definition) is 8. The van der Waals surface area contributed by atoms with Crippen molar-refractivity contribution in [3.63, 3.8) is 0 Å². The Morgan fingerprint density at radius 2 is 1.97 bits per heavy atom. The molecule has 1 fully saturated rings. The molecule has 1 aromatic carbocycles. The van der Waals surface area contributed by atoms with Gasteiger partial charge in [0.1, 0.15) is 11.6 Å². The van der Waals surface area contributed by atoms with E-state index in [9.17, 15) is 18.5 Å². The number of hydrogen-bond donors (Lipinski definition) is 2. The molecule has 1 aliphatic rings. The first kappa shape index (κ1) is 24.2. The molecule has 1 saturated heterocycles. The molecule has 0 radical (unpaired) electrons. The highest BCUT2D eigenvalue weighted by Crippen LogP contribution is 2.39. The van der Waals surface area contributed by atoms with Gasteiger partial charge in [0.25, 0.3) is 15.9 Å². The standard InChI is InChI=1S/C25H26N6O3S/c1-16-11-12-31(25(16,2)3)23-20(13-18(15-28-23)19-8-5-4-7-17(19)14-26)24(32)30-35(33,34)22-10-6-9-21(27)29-22/h4-10,13,15-16H,11-12H2,1-3H3,(H2,27,29)(H,30,32). The molecule has 2 aromatic heterocycles. The highest BCUT2D eigenvalue weighted by Gasteiger charge is 2.41. The summed E-state index contributed by atoms with van der Waals surface area (Å²) < 4.78 is 27.9. The Morgan fingerprint density at radius 1 is 1.23 bits per heavy atom. The van der Waals surface area contributed by atoms with Crippen molar-refractivity contribution >= 4 is 27.6 Å². The van der Waals surface area contributed by atoms with Crippen molar-refractivity contribution in [1.29, 1.82) is 5.26 Å². The zero-order valence-corrected chi connectivity index (χ0v) is 20.5. The molecule has 180 valence electrons. The van der Waals surface area contributed by atoms with Gasteiger partial charge in [0.15, 0.2) is 5.03 Å². The van der Waals surface area contributed by atoms with Crippen molar-refractivity contribution in [3.05, 3.63) is 65.9 Å². The number of pyridine rings is 2. The summed E-state index contributed by atoms with van der Waals surface area (Å²) in [6.45, 7) is 6.94. The van der Waals surface area contributed by atoms with Crippen molar-refractivity contribution in [1.82, 2.24) is 14.7 Å². The second-order valence-electron chi connectivity index (χ2n) is 9.08. The zero-order chi connectivity index (χ0) is 25.4. The molecular formula is C25H26N6O3S. The molecule has 3 aromatic rings. The van der Waals surface area contributed by atoms with Gasteiger partial charge in [-0.05, 0) is 50.5 Å². The number of nitrogens with one attached hydrogen (secondary N) is 1. The molecule has 3 heterocycles.